The van der Waals surface area contributed by atoms with E-state index >= 15 is 0 Å². The molecule has 0 unspecified atom stereocenters. The molecule has 3 heterocycles. The van der Waals surface area contributed by atoms with Gasteiger partial charge < -0.3 is 15.0 Å². The Hall–Kier alpha value is -3.49. The van der Waals surface area contributed by atoms with Crippen LogP contribution in [-0.4, -0.2) is 56.0 Å². The number of carbonyl (C=O) groups excluding carboxylic acids is 2. The summed E-state index contributed by atoms with van der Waals surface area (Å²) in [5.41, 5.74) is 1.10. The van der Waals surface area contributed by atoms with Crippen LogP contribution in [0.2, 0.25) is 0 Å². The van der Waals surface area contributed by atoms with Crippen LogP contribution in [0.15, 0.2) is 48.9 Å². The Morgan fingerprint density at radius 2 is 1.91 bits per heavy atom. The summed E-state index contributed by atoms with van der Waals surface area (Å²) in [6.07, 6.45) is 5.66. The Morgan fingerprint density at radius 3 is 2.64 bits per heavy atom. The van der Waals surface area contributed by atoms with Gasteiger partial charge in [0.15, 0.2) is 0 Å². The topological polar surface area (TPSA) is 88.8 Å². The summed E-state index contributed by atoms with van der Waals surface area (Å²) in [7, 11) is 0. The Labute approximate surface area is 191 Å². The normalized spacial score (nSPS) is 17.2. The molecule has 9 heteroatoms. The molecule has 33 heavy (non-hydrogen) atoms. The zero-order valence-corrected chi connectivity index (χ0v) is 19.0. The van der Waals surface area contributed by atoms with Crippen LogP contribution >= 0.6 is 0 Å². The van der Waals surface area contributed by atoms with Crippen molar-refractivity contribution >= 4 is 17.8 Å². The predicted molar refractivity (Wildman–Crippen MR) is 120 cm³/mol. The minimum Gasteiger partial charge on any atom is -0.444 e. The number of alkyl carbamates (subject to hydrolysis) is 1. The number of nitrogens with one attached hydrogen (secondary N) is 1. The van der Waals surface area contributed by atoms with Crippen LogP contribution in [0.3, 0.4) is 0 Å². The first kappa shape index (κ1) is 22.7. The maximum atomic E-state index is 13.5. The van der Waals surface area contributed by atoms with Crippen molar-refractivity contribution in [3.05, 3.63) is 66.0 Å². The number of aromatic nitrogens is 3. The van der Waals surface area contributed by atoms with Crippen molar-refractivity contribution in [2.24, 2.45) is 0 Å². The summed E-state index contributed by atoms with van der Waals surface area (Å²) >= 11 is 0. The molecule has 1 aliphatic rings. The fourth-order valence-electron chi connectivity index (χ4n) is 4.11. The van der Waals surface area contributed by atoms with Crippen molar-refractivity contribution in [1.82, 2.24) is 24.6 Å². The standard InChI is InChI=1S/C24H28FN5O3/c1-24(2,3)33-23(32)28-19(14-16-4-6-18(25)7-5-16)21(31)29-12-9-17(15-29)20-8-10-26-22-27-11-13-30(20)22/h4-8,10-11,13,17,19H,9,12,14-15H2,1-3H3,(H,28,32)/t17-,19-/m0/s1. The van der Waals surface area contributed by atoms with E-state index in [1.165, 1.54) is 12.1 Å². The number of benzene rings is 1. The molecule has 2 aromatic heterocycles. The number of likely N-dealkylation sites (tertiary alicyclic amines) is 1. The van der Waals surface area contributed by atoms with Crippen LogP contribution in [0.5, 0.6) is 0 Å². The number of fused-ring (bicyclic) bond motifs is 1. The van der Waals surface area contributed by atoms with Crippen LogP contribution in [-0.2, 0) is 16.0 Å². The van der Waals surface area contributed by atoms with Gasteiger partial charge in [0, 0.05) is 49.7 Å². The summed E-state index contributed by atoms with van der Waals surface area (Å²) in [5.74, 6) is 0.204. The number of imidazole rings is 1. The maximum Gasteiger partial charge on any atom is 0.408 e. The number of nitrogens with zero attached hydrogens (tertiary/aromatic N) is 4. The van der Waals surface area contributed by atoms with Gasteiger partial charge in [0.05, 0.1) is 0 Å². The molecule has 1 aromatic carbocycles. The minimum absolute atomic E-state index is 0.127. The lowest BCUT2D eigenvalue weighted by Crippen LogP contribution is -2.50. The van der Waals surface area contributed by atoms with Gasteiger partial charge in [-0.05, 0) is 51.0 Å². The van der Waals surface area contributed by atoms with Gasteiger partial charge >= 0.3 is 6.09 Å². The average Bonchev–Trinajstić information content (AvgIpc) is 3.42. The van der Waals surface area contributed by atoms with E-state index in [2.05, 4.69) is 15.3 Å². The number of halogens is 1. The summed E-state index contributed by atoms with van der Waals surface area (Å²) in [6, 6.07) is 7.04. The third-order valence-electron chi connectivity index (χ3n) is 5.60. The first-order chi connectivity index (χ1) is 15.7. The van der Waals surface area contributed by atoms with Gasteiger partial charge in [-0.25, -0.2) is 19.2 Å². The second-order valence-electron chi connectivity index (χ2n) is 9.27. The molecule has 0 saturated carbocycles. The van der Waals surface area contributed by atoms with E-state index in [1.807, 2.05) is 16.7 Å². The van der Waals surface area contributed by atoms with Crippen molar-refractivity contribution in [2.45, 2.75) is 51.2 Å². The highest BCUT2D eigenvalue weighted by Gasteiger charge is 2.34. The second-order valence-corrected chi connectivity index (χ2v) is 9.27. The Morgan fingerprint density at radius 1 is 1.18 bits per heavy atom. The van der Waals surface area contributed by atoms with E-state index in [0.29, 0.717) is 18.9 Å². The number of rotatable bonds is 5. The van der Waals surface area contributed by atoms with Gasteiger partial charge in [-0.15, -0.1) is 0 Å². The third kappa shape index (κ3) is 5.47. The molecule has 2 amide bonds. The van der Waals surface area contributed by atoms with Crippen LogP contribution in [0.4, 0.5) is 9.18 Å². The summed E-state index contributed by atoms with van der Waals surface area (Å²) in [4.78, 5) is 36.2. The molecule has 4 rings (SSSR count). The molecule has 3 aromatic rings. The largest absolute Gasteiger partial charge is 0.444 e. The molecular formula is C24H28FN5O3. The van der Waals surface area contributed by atoms with Crippen LogP contribution in [0, 0.1) is 5.82 Å². The van der Waals surface area contributed by atoms with Gasteiger partial charge in [0.25, 0.3) is 0 Å². The monoisotopic (exact) mass is 453 g/mol. The van der Waals surface area contributed by atoms with E-state index in [0.717, 1.165) is 17.7 Å². The first-order valence-corrected chi connectivity index (χ1v) is 11.0. The Kier molecular flexibility index (Phi) is 6.31. The van der Waals surface area contributed by atoms with Gasteiger partial charge in [-0.1, -0.05) is 12.1 Å². The molecular weight excluding hydrogens is 425 g/mol. The lowest BCUT2D eigenvalue weighted by atomic mass is 10.0. The van der Waals surface area contributed by atoms with E-state index in [9.17, 15) is 14.0 Å². The molecule has 0 radical (unpaired) electrons. The number of carbonyl (C=O) groups is 2. The van der Waals surface area contributed by atoms with E-state index in [4.69, 9.17) is 4.74 Å². The van der Waals surface area contributed by atoms with Crippen molar-refractivity contribution in [3.63, 3.8) is 0 Å². The Bertz CT molecular complexity index is 1140. The van der Waals surface area contributed by atoms with Gasteiger partial charge in [-0.2, -0.15) is 0 Å². The van der Waals surface area contributed by atoms with Crippen molar-refractivity contribution < 1.29 is 18.7 Å². The zero-order chi connectivity index (χ0) is 23.6. The Balaban J connectivity index is 1.50. The van der Waals surface area contributed by atoms with Crippen molar-refractivity contribution in [1.29, 1.82) is 0 Å². The summed E-state index contributed by atoms with van der Waals surface area (Å²) in [5, 5.41) is 2.72. The van der Waals surface area contributed by atoms with E-state index in [1.54, 1.807) is 50.2 Å². The first-order valence-electron chi connectivity index (χ1n) is 11.0. The van der Waals surface area contributed by atoms with Crippen molar-refractivity contribution in [3.8, 4) is 0 Å². The van der Waals surface area contributed by atoms with Gasteiger partial charge in [0.1, 0.15) is 17.5 Å². The molecule has 174 valence electrons. The van der Waals surface area contributed by atoms with Gasteiger partial charge in [0.2, 0.25) is 11.7 Å². The molecule has 1 aliphatic heterocycles. The van der Waals surface area contributed by atoms with Crippen LogP contribution < -0.4 is 5.32 Å². The fraction of sp³-hybridized carbons (Fsp3) is 0.417. The number of ether oxygens (including phenoxy) is 1. The quantitative estimate of drug-likeness (QED) is 0.640. The maximum absolute atomic E-state index is 13.5. The highest BCUT2D eigenvalue weighted by atomic mass is 19.1. The second kappa shape index (κ2) is 9.17. The van der Waals surface area contributed by atoms with Crippen LogP contribution in [0.1, 0.15) is 44.4 Å². The fourth-order valence-corrected chi connectivity index (χ4v) is 4.11. The molecule has 1 fully saturated rings. The number of hydrogen-bond donors (Lipinski definition) is 1. The third-order valence-corrected chi connectivity index (χ3v) is 5.60. The lowest BCUT2D eigenvalue weighted by molar-refractivity contribution is -0.132. The van der Waals surface area contributed by atoms with Crippen molar-refractivity contribution in [2.75, 3.05) is 13.1 Å². The average molecular weight is 454 g/mol. The lowest BCUT2D eigenvalue weighted by Gasteiger charge is -2.26. The van der Waals surface area contributed by atoms with Gasteiger partial charge in [-0.3, -0.25) is 9.20 Å². The molecule has 1 N–H and O–H groups in total. The minimum atomic E-state index is -0.824. The summed E-state index contributed by atoms with van der Waals surface area (Å²) in [6.45, 7) is 6.38. The predicted octanol–water partition coefficient (Wildman–Crippen LogP) is 3.32. The SMILES string of the molecule is CC(C)(C)OC(=O)N[C@@H](Cc1ccc(F)cc1)C(=O)N1CC[C@H](c2ccnc3nccn23)C1. The molecule has 2 atom stereocenters. The zero-order valence-electron chi connectivity index (χ0n) is 19.0. The molecule has 0 bridgehead atoms. The number of hydrogen-bond acceptors (Lipinski definition) is 5. The highest BCUT2D eigenvalue weighted by Crippen LogP contribution is 2.28. The summed E-state index contributed by atoms with van der Waals surface area (Å²) < 4.78 is 20.6. The van der Waals surface area contributed by atoms with Crippen LogP contribution in [0.25, 0.3) is 5.78 Å². The molecule has 8 nitrogen and oxygen atoms in total. The van der Waals surface area contributed by atoms with E-state index in [-0.39, 0.29) is 24.1 Å². The highest BCUT2D eigenvalue weighted by molar-refractivity contribution is 5.86. The molecule has 1 saturated heterocycles. The van der Waals surface area contributed by atoms with E-state index < -0.39 is 17.7 Å². The number of amides is 2. The molecule has 0 aliphatic carbocycles. The smallest absolute Gasteiger partial charge is 0.408 e. The molecule has 0 spiro atoms.